The van der Waals surface area contributed by atoms with E-state index in [2.05, 4.69) is 10.6 Å². The number of nitrogens with zero attached hydrogens (tertiary/aromatic N) is 1. The van der Waals surface area contributed by atoms with Crippen molar-refractivity contribution in [3.05, 3.63) is 76.5 Å². The topological polar surface area (TPSA) is 87.7 Å². The molecule has 0 fully saturated rings. The number of rotatable bonds is 4. The van der Waals surface area contributed by atoms with Gasteiger partial charge in [0.1, 0.15) is 13.2 Å². The number of carbonyl (C=O) groups excluding carboxylic acids is 3. The second kappa shape index (κ2) is 7.36. The Labute approximate surface area is 165 Å². The Morgan fingerprint density at radius 1 is 1.14 bits per heavy atom. The third kappa shape index (κ3) is 3.32. The fraction of sp³-hybridized carbons (Fsp3) is 0.150. The lowest BCUT2D eigenvalue weighted by molar-refractivity contribution is -0.136. The molecule has 0 aromatic heterocycles. The molecular weight excluding hydrogens is 382 g/mol. The van der Waals surface area contributed by atoms with Crippen LogP contribution in [-0.2, 0) is 14.3 Å². The molecule has 0 saturated carbocycles. The molecule has 2 heterocycles. The molecule has 0 aliphatic carbocycles. The third-order valence-corrected chi connectivity index (χ3v) is 4.92. The molecule has 0 radical (unpaired) electrons. The summed E-state index contributed by atoms with van der Waals surface area (Å²) in [5, 5.41) is 5.91. The number of cyclic esters (lactones) is 1. The number of urea groups is 1. The Morgan fingerprint density at radius 3 is 2.61 bits per heavy atom. The predicted molar refractivity (Wildman–Crippen MR) is 102 cm³/mol. The molecule has 2 aliphatic rings. The third-order valence-electron chi connectivity index (χ3n) is 4.57. The number of carbonyl (C=O) groups is 3. The molecule has 2 N–H and O–H groups in total. The smallest absolute Gasteiger partial charge is 0.338 e. The SMILES string of the molecule is O=C(CN1C(=O)NC(c2ccccc2Cl)C2=C1COC2=O)Nc1ccccc1. The van der Waals surface area contributed by atoms with Gasteiger partial charge in [-0.1, -0.05) is 48.0 Å². The Balaban J connectivity index is 1.62. The highest BCUT2D eigenvalue weighted by atomic mass is 35.5. The number of benzene rings is 2. The zero-order valence-corrected chi connectivity index (χ0v) is 15.4. The molecule has 1 atom stereocenters. The van der Waals surface area contributed by atoms with E-state index in [0.717, 1.165) is 0 Å². The second-order valence-electron chi connectivity index (χ2n) is 6.34. The van der Waals surface area contributed by atoms with E-state index in [-0.39, 0.29) is 19.1 Å². The van der Waals surface area contributed by atoms with Gasteiger partial charge in [0.15, 0.2) is 0 Å². The van der Waals surface area contributed by atoms with E-state index in [4.69, 9.17) is 16.3 Å². The van der Waals surface area contributed by atoms with Crippen molar-refractivity contribution in [3.63, 3.8) is 0 Å². The Bertz CT molecular complexity index is 990. The maximum absolute atomic E-state index is 12.7. The normalized spacial score (nSPS) is 18.5. The van der Waals surface area contributed by atoms with Crippen LogP contribution >= 0.6 is 11.6 Å². The molecule has 3 amide bonds. The highest BCUT2D eigenvalue weighted by Gasteiger charge is 2.43. The first kappa shape index (κ1) is 18.1. The van der Waals surface area contributed by atoms with Crippen LogP contribution in [-0.4, -0.2) is 36.0 Å². The first-order valence-electron chi connectivity index (χ1n) is 8.62. The van der Waals surface area contributed by atoms with Crippen molar-refractivity contribution < 1.29 is 19.1 Å². The maximum atomic E-state index is 12.7. The lowest BCUT2D eigenvalue weighted by atomic mass is 9.95. The van der Waals surface area contributed by atoms with Crippen molar-refractivity contribution in [2.75, 3.05) is 18.5 Å². The van der Waals surface area contributed by atoms with Gasteiger partial charge >= 0.3 is 12.0 Å². The van der Waals surface area contributed by atoms with Gasteiger partial charge in [0.05, 0.1) is 17.3 Å². The van der Waals surface area contributed by atoms with Gasteiger partial charge in [-0.2, -0.15) is 0 Å². The first-order chi connectivity index (χ1) is 13.5. The standard InChI is InChI=1S/C20H16ClN3O4/c21-14-9-5-4-8-13(14)18-17-15(11-28-19(17)26)24(20(27)23-18)10-16(25)22-12-6-2-1-3-7-12/h1-9,18H,10-11H2,(H,22,25)(H,23,27). The number of hydrogen-bond donors (Lipinski definition) is 2. The summed E-state index contributed by atoms with van der Waals surface area (Å²) in [6.45, 7) is -0.313. The van der Waals surface area contributed by atoms with Crippen molar-refractivity contribution in [1.82, 2.24) is 10.2 Å². The largest absolute Gasteiger partial charge is 0.456 e. The van der Waals surface area contributed by atoms with Gasteiger partial charge < -0.3 is 15.4 Å². The minimum Gasteiger partial charge on any atom is -0.456 e. The van der Waals surface area contributed by atoms with E-state index in [1.807, 2.05) is 6.07 Å². The van der Waals surface area contributed by atoms with Crippen LogP contribution in [0.25, 0.3) is 0 Å². The van der Waals surface area contributed by atoms with Gasteiger partial charge in [0.25, 0.3) is 0 Å². The zero-order valence-electron chi connectivity index (χ0n) is 14.6. The number of ether oxygens (including phenoxy) is 1. The summed E-state index contributed by atoms with van der Waals surface area (Å²) in [4.78, 5) is 38.7. The molecule has 142 valence electrons. The fourth-order valence-corrected chi connectivity index (χ4v) is 3.53. The molecule has 2 aliphatic heterocycles. The number of anilines is 1. The van der Waals surface area contributed by atoms with Crippen LogP contribution in [0.2, 0.25) is 5.02 Å². The summed E-state index contributed by atoms with van der Waals surface area (Å²) in [6, 6.07) is 14.6. The first-order valence-corrected chi connectivity index (χ1v) is 9.00. The lowest BCUT2D eigenvalue weighted by Gasteiger charge is -2.32. The van der Waals surface area contributed by atoms with Gasteiger partial charge in [0.2, 0.25) is 5.91 Å². The minimum absolute atomic E-state index is 0.0683. The molecule has 2 aromatic carbocycles. The van der Waals surface area contributed by atoms with Crippen LogP contribution in [0.15, 0.2) is 65.9 Å². The Hall–Kier alpha value is -3.32. The molecule has 8 heteroatoms. The van der Waals surface area contributed by atoms with E-state index >= 15 is 0 Å². The van der Waals surface area contributed by atoms with Crippen LogP contribution in [0.4, 0.5) is 10.5 Å². The Kier molecular flexibility index (Phi) is 4.75. The van der Waals surface area contributed by atoms with Crippen LogP contribution in [0, 0.1) is 0 Å². The molecular formula is C20H16ClN3O4. The van der Waals surface area contributed by atoms with Gasteiger partial charge in [-0.05, 0) is 23.8 Å². The number of nitrogens with one attached hydrogen (secondary N) is 2. The number of amides is 3. The van der Waals surface area contributed by atoms with E-state index in [1.54, 1.807) is 48.5 Å². The van der Waals surface area contributed by atoms with Crippen molar-refractivity contribution in [3.8, 4) is 0 Å². The average molecular weight is 398 g/mol. The molecule has 1 unspecified atom stereocenters. The van der Waals surface area contributed by atoms with E-state index in [1.165, 1.54) is 4.90 Å². The monoisotopic (exact) mass is 397 g/mol. The van der Waals surface area contributed by atoms with Gasteiger partial charge in [-0.25, -0.2) is 9.59 Å². The highest BCUT2D eigenvalue weighted by molar-refractivity contribution is 6.31. The van der Waals surface area contributed by atoms with Crippen LogP contribution in [0.3, 0.4) is 0 Å². The lowest BCUT2D eigenvalue weighted by Crippen LogP contribution is -2.49. The zero-order chi connectivity index (χ0) is 19.7. The fourth-order valence-electron chi connectivity index (χ4n) is 3.29. The van der Waals surface area contributed by atoms with E-state index in [9.17, 15) is 14.4 Å². The molecule has 4 rings (SSSR count). The summed E-state index contributed by atoms with van der Waals surface area (Å²) in [5.74, 6) is -0.919. The second-order valence-corrected chi connectivity index (χ2v) is 6.75. The molecule has 28 heavy (non-hydrogen) atoms. The highest BCUT2D eigenvalue weighted by Crippen LogP contribution is 2.37. The average Bonchev–Trinajstić information content (AvgIpc) is 3.07. The molecule has 7 nitrogen and oxygen atoms in total. The van der Waals surface area contributed by atoms with Crippen molar-refractivity contribution in [2.45, 2.75) is 6.04 Å². The summed E-state index contributed by atoms with van der Waals surface area (Å²) in [5.41, 5.74) is 1.88. The van der Waals surface area contributed by atoms with Crippen LogP contribution in [0.5, 0.6) is 0 Å². The van der Waals surface area contributed by atoms with Crippen molar-refractivity contribution >= 4 is 35.2 Å². The molecule has 0 saturated heterocycles. The number of para-hydroxylation sites is 1. The van der Waals surface area contributed by atoms with Crippen molar-refractivity contribution in [2.24, 2.45) is 0 Å². The summed E-state index contributed by atoms with van der Waals surface area (Å²) in [7, 11) is 0. The summed E-state index contributed by atoms with van der Waals surface area (Å²) >= 11 is 6.25. The summed E-state index contributed by atoms with van der Waals surface area (Å²) < 4.78 is 5.15. The van der Waals surface area contributed by atoms with Crippen LogP contribution < -0.4 is 10.6 Å². The minimum atomic E-state index is -0.723. The van der Waals surface area contributed by atoms with Gasteiger partial charge in [-0.15, -0.1) is 0 Å². The number of hydrogen-bond acceptors (Lipinski definition) is 4. The quantitative estimate of drug-likeness (QED) is 0.776. The molecule has 0 bridgehead atoms. The number of esters is 1. The van der Waals surface area contributed by atoms with E-state index < -0.39 is 18.0 Å². The van der Waals surface area contributed by atoms with Crippen LogP contribution in [0.1, 0.15) is 11.6 Å². The summed E-state index contributed by atoms with van der Waals surface area (Å²) in [6.07, 6.45) is 0. The van der Waals surface area contributed by atoms with Crippen molar-refractivity contribution in [1.29, 1.82) is 0 Å². The van der Waals surface area contributed by atoms with E-state index in [0.29, 0.717) is 27.5 Å². The number of halogens is 1. The maximum Gasteiger partial charge on any atom is 0.338 e. The molecule has 0 spiro atoms. The van der Waals surface area contributed by atoms with Gasteiger partial charge in [-0.3, -0.25) is 9.69 Å². The van der Waals surface area contributed by atoms with Gasteiger partial charge in [0, 0.05) is 10.7 Å². The Morgan fingerprint density at radius 2 is 1.86 bits per heavy atom. The predicted octanol–water partition coefficient (Wildman–Crippen LogP) is 2.86. The molecule has 2 aromatic rings.